The number of carbonyl (C=O) groups excluding carboxylic acids is 4. The van der Waals surface area contributed by atoms with E-state index in [2.05, 4.69) is 10.6 Å². The summed E-state index contributed by atoms with van der Waals surface area (Å²) in [6.07, 6.45) is 0.591. The normalized spacial score (nSPS) is 18.3. The van der Waals surface area contributed by atoms with E-state index in [4.69, 9.17) is 9.47 Å². The minimum atomic E-state index is -0.427. The van der Waals surface area contributed by atoms with Gasteiger partial charge in [0.1, 0.15) is 0 Å². The maximum atomic E-state index is 12.1. The van der Waals surface area contributed by atoms with Crippen molar-refractivity contribution < 1.29 is 28.7 Å². The zero-order valence-corrected chi connectivity index (χ0v) is 16.1. The fourth-order valence-electron chi connectivity index (χ4n) is 2.55. The van der Waals surface area contributed by atoms with Crippen LogP contribution in [-0.2, 0) is 28.7 Å². The van der Waals surface area contributed by atoms with E-state index in [1.165, 1.54) is 0 Å². The highest BCUT2D eigenvalue weighted by Gasteiger charge is 2.20. The Bertz CT molecular complexity index is 470. The molecule has 2 N–H and O–H groups in total. The fourth-order valence-corrected chi connectivity index (χ4v) is 2.55. The molecule has 1 saturated heterocycles. The molecule has 0 saturated carbocycles. The van der Waals surface area contributed by atoms with Gasteiger partial charge in [-0.3, -0.25) is 29.0 Å². The molecule has 0 aromatic rings. The van der Waals surface area contributed by atoms with Crippen molar-refractivity contribution in [1.29, 1.82) is 0 Å². The van der Waals surface area contributed by atoms with Gasteiger partial charge in [-0.25, -0.2) is 0 Å². The number of nitrogens with one attached hydrogen (secondary N) is 2. The third-order valence-corrected chi connectivity index (χ3v) is 3.78. The van der Waals surface area contributed by atoms with Gasteiger partial charge in [-0.1, -0.05) is 0 Å². The van der Waals surface area contributed by atoms with Gasteiger partial charge in [-0.2, -0.15) is 0 Å². The summed E-state index contributed by atoms with van der Waals surface area (Å²) in [6.45, 7) is 5.42. The summed E-state index contributed by atoms with van der Waals surface area (Å²) in [5.74, 6) is -1.27. The third kappa shape index (κ3) is 10.5. The van der Waals surface area contributed by atoms with E-state index in [-0.39, 0.29) is 51.2 Å². The molecule has 27 heavy (non-hydrogen) atoms. The van der Waals surface area contributed by atoms with E-state index < -0.39 is 11.9 Å². The van der Waals surface area contributed by atoms with Crippen LogP contribution in [0.15, 0.2) is 0 Å². The van der Waals surface area contributed by atoms with Gasteiger partial charge in [0.15, 0.2) is 0 Å². The molecule has 1 aliphatic rings. The van der Waals surface area contributed by atoms with Crippen molar-refractivity contribution in [2.75, 3.05) is 65.6 Å². The van der Waals surface area contributed by atoms with Crippen LogP contribution < -0.4 is 10.6 Å². The maximum absolute atomic E-state index is 12.1. The number of hydrogen-bond donors (Lipinski definition) is 2. The van der Waals surface area contributed by atoms with Crippen LogP contribution in [0.25, 0.3) is 0 Å². The zero-order chi connectivity index (χ0) is 20.1. The first-order chi connectivity index (χ1) is 12.9. The summed E-state index contributed by atoms with van der Waals surface area (Å²) < 4.78 is 9.90. The largest absolute Gasteiger partial charge is 0.465 e. The average Bonchev–Trinajstić information content (AvgIpc) is 2.59. The summed E-state index contributed by atoms with van der Waals surface area (Å²) in [4.78, 5) is 51.0. The first-order valence-electron chi connectivity index (χ1n) is 9.23. The van der Waals surface area contributed by atoms with Crippen molar-refractivity contribution >= 4 is 23.8 Å². The zero-order valence-electron chi connectivity index (χ0n) is 16.1. The molecule has 0 bridgehead atoms. The molecule has 1 aliphatic heterocycles. The van der Waals surface area contributed by atoms with Gasteiger partial charge >= 0.3 is 11.9 Å². The third-order valence-electron chi connectivity index (χ3n) is 3.78. The Morgan fingerprint density at radius 1 is 0.852 bits per heavy atom. The van der Waals surface area contributed by atoms with Crippen LogP contribution in [0.4, 0.5) is 0 Å². The lowest BCUT2D eigenvalue weighted by Gasteiger charge is -2.25. The molecule has 1 rings (SSSR count). The van der Waals surface area contributed by atoms with Crippen LogP contribution in [0, 0.1) is 0 Å². The number of amides is 2. The standard InChI is InChI=1S/C17H30N4O6/c1-3-26-16(24)12-20-8-9-21(13-17(25)27-4-2)11-15(23)19-7-5-6-18-14(22)10-20/h3-13H2,1-2H3,(H,18,22)(H,19,23). The fraction of sp³-hybridized carbons (Fsp3) is 0.765. The molecule has 2 amide bonds. The Balaban J connectivity index is 2.79. The SMILES string of the molecule is CCOC(=O)CN1CCN(CC(=O)OCC)CC(=O)NCCCNC(=O)C1. The van der Waals surface area contributed by atoms with Gasteiger partial charge in [0.05, 0.1) is 39.4 Å². The van der Waals surface area contributed by atoms with Crippen molar-refractivity contribution in [2.24, 2.45) is 0 Å². The van der Waals surface area contributed by atoms with Crippen molar-refractivity contribution in [3.05, 3.63) is 0 Å². The summed E-state index contributed by atoms with van der Waals surface area (Å²) in [5.41, 5.74) is 0. The predicted molar refractivity (Wildman–Crippen MR) is 96.8 cm³/mol. The molecular formula is C17H30N4O6. The molecule has 0 aromatic heterocycles. The summed E-state index contributed by atoms with van der Waals surface area (Å²) >= 11 is 0. The second kappa shape index (κ2) is 13.0. The Kier molecular flexibility index (Phi) is 11.0. The van der Waals surface area contributed by atoms with Gasteiger partial charge in [0.25, 0.3) is 0 Å². The minimum Gasteiger partial charge on any atom is -0.465 e. The molecule has 0 atom stereocenters. The molecular weight excluding hydrogens is 356 g/mol. The lowest BCUT2D eigenvalue weighted by Crippen LogP contribution is -2.46. The van der Waals surface area contributed by atoms with E-state index in [9.17, 15) is 19.2 Å². The van der Waals surface area contributed by atoms with Gasteiger partial charge in [0.2, 0.25) is 11.8 Å². The molecule has 0 spiro atoms. The highest BCUT2D eigenvalue weighted by molar-refractivity contribution is 5.80. The van der Waals surface area contributed by atoms with E-state index >= 15 is 0 Å². The van der Waals surface area contributed by atoms with E-state index in [1.807, 2.05) is 0 Å². The number of esters is 2. The quantitative estimate of drug-likeness (QED) is 0.522. The second-order valence-electron chi connectivity index (χ2n) is 6.08. The number of hydrogen-bond acceptors (Lipinski definition) is 8. The van der Waals surface area contributed by atoms with Crippen LogP contribution in [-0.4, -0.2) is 99.1 Å². The Hall–Kier alpha value is -2.20. The molecule has 10 heteroatoms. The highest BCUT2D eigenvalue weighted by Crippen LogP contribution is 1.97. The van der Waals surface area contributed by atoms with Crippen LogP contribution in [0.3, 0.4) is 0 Å². The molecule has 0 unspecified atom stereocenters. The molecule has 0 aromatic carbocycles. The number of nitrogens with zero attached hydrogens (tertiary/aromatic N) is 2. The Labute approximate surface area is 159 Å². The lowest BCUT2D eigenvalue weighted by atomic mass is 10.3. The number of rotatable bonds is 6. The smallest absolute Gasteiger partial charge is 0.320 e. The highest BCUT2D eigenvalue weighted by atomic mass is 16.5. The van der Waals surface area contributed by atoms with Crippen LogP contribution in [0.2, 0.25) is 0 Å². The first-order valence-corrected chi connectivity index (χ1v) is 9.23. The molecule has 0 aliphatic carbocycles. The van der Waals surface area contributed by atoms with Crippen LogP contribution >= 0.6 is 0 Å². The van der Waals surface area contributed by atoms with Gasteiger partial charge < -0.3 is 20.1 Å². The number of ether oxygens (including phenoxy) is 2. The van der Waals surface area contributed by atoms with Gasteiger partial charge in [0, 0.05) is 26.2 Å². The topological polar surface area (TPSA) is 117 Å². The first kappa shape index (κ1) is 22.8. The Morgan fingerprint density at radius 2 is 1.26 bits per heavy atom. The molecule has 10 nitrogen and oxygen atoms in total. The summed E-state index contributed by atoms with van der Waals surface area (Å²) in [6, 6.07) is 0. The molecule has 1 fully saturated rings. The van der Waals surface area contributed by atoms with Crippen LogP contribution in [0.5, 0.6) is 0 Å². The monoisotopic (exact) mass is 386 g/mol. The minimum absolute atomic E-state index is 0.0352. The number of carbonyl (C=O) groups is 4. The lowest BCUT2D eigenvalue weighted by molar-refractivity contribution is -0.147. The van der Waals surface area contributed by atoms with E-state index in [1.54, 1.807) is 23.6 Å². The molecule has 1 heterocycles. The second-order valence-corrected chi connectivity index (χ2v) is 6.08. The molecule has 0 radical (unpaired) electrons. The van der Waals surface area contributed by atoms with Crippen molar-refractivity contribution in [2.45, 2.75) is 20.3 Å². The summed E-state index contributed by atoms with van der Waals surface area (Å²) in [7, 11) is 0. The Morgan fingerprint density at radius 3 is 1.63 bits per heavy atom. The summed E-state index contributed by atoms with van der Waals surface area (Å²) in [5, 5.41) is 5.52. The van der Waals surface area contributed by atoms with Crippen molar-refractivity contribution in [3.8, 4) is 0 Å². The van der Waals surface area contributed by atoms with Crippen molar-refractivity contribution in [1.82, 2.24) is 20.4 Å². The van der Waals surface area contributed by atoms with E-state index in [0.29, 0.717) is 32.6 Å². The van der Waals surface area contributed by atoms with Crippen LogP contribution in [0.1, 0.15) is 20.3 Å². The predicted octanol–water partition coefficient (Wildman–Crippen LogP) is -1.65. The van der Waals surface area contributed by atoms with E-state index in [0.717, 1.165) is 0 Å². The maximum Gasteiger partial charge on any atom is 0.320 e. The molecule has 154 valence electrons. The average molecular weight is 386 g/mol. The van der Waals surface area contributed by atoms with Gasteiger partial charge in [-0.05, 0) is 20.3 Å². The van der Waals surface area contributed by atoms with Crippen molar-refractivity contribution in [3.63, 3.8) is 0 Å². The van der Waals surface area contributed by atoms with Gasteiger partial charge in [-0.15, -0.1) is 0 Å².